The van der Waals surface area contributed by atoms with E-state index in [1.807, 2.05) is 43.8 Å². The molecule has 4 rings (SSSR count). The Kier molecular flexibility index (Phi) is 4.33. The molecule has 0 radical (unpaired) electrons. The van der Waals surface area contributed by atoms with Crippen LogP contribution in [0.15, 0.2) is 43.0 Å². The van der Waals surface area contributed by atoms with Gasteiger partial charge in [-0.05, 0) is 19.2 Å². The first-order chi connectivity index (χ1) is 12.2. The highest BCUT2D eigenvalue weighted by atomic mass is 16.5. The number of nitrogens with zero attached hydrogens (tertiary/aromatic N) is 5. The number of ether oxygens (including phenoxy) is 1. The minimum atomic E-state index is 0.0161. The number of imidazole rings is 1. The molecule has 0 spiro atoms. The van der Waals surface area contributed by atoms with Crippen molar-refractivity contribution in [3.63, 3.8) is 0 Å². The molecule has 1 fully saturated rings. The van der Waals surface area contributed by atoms with Gasteiger partial charge in [0.05, 0.1) is 48.0 Å². The number of aromatic nitrogens is 4. The van der Waals surface area contributed by atoms with Crippen LogP contribution in [-0.2, 0) is 11.8 Å². The van der Waals surface area contributed by atoms with Crippen LogP contribution in [-0.4, -0.2) is 57.3 Å². The first-order valence-electron chi connectivity index (χ1n) is 8.46. The second-order valence-electron chi connectivity index (χ2n) is 6.39. The summed E-state index contributed by atoms with van der Waals surface area (Å²) in [7, 11) is 4.15. The van der Waals surface area contributed by atoms with Gasteiger partial charge in [-0.25, -0.2) is 9.97 Å². The fraction of sp³-hybridized carbons (Fsp3) is 0.389. The van der Waals surface area contributed by atoms with Crippen molar-refractivity contribution in [2.45, 2.75) is 12.1 Å². The van der Waals surface area contributed by atoms with Crippen molar-refractivity contribution in [1.82, 2.24) is 24.4 Å². The van der Waals surface area contributed by atoms with Crippen molar-refractivity contribution >= 4 is 16.9 Å². The third-order valence-corrected chi connectivity index (χ3v) is 4.69. The van der Waals surface area contributed by atoms with E-state index in [0.29, 0.717) is 6.54 Å². The Labute approximate surface area is 146 Å². The SMILES string of the molecule is CN1CCO[C@@H](CNc2cnc3ccccc3n2)[C@@H]1c1cncn1C. The minimum absolute atomic E-state index is 0.0161. The van der Waals surface area contributed by atoms with E-state index in [-0.39, 0.29) is 12.1 Å². The molecule has 3 aromatic rings. The van der Waals surface area contributed by atoms with Crippen LogP contribution in [0.1, 0.15) is 11.7 Å². The summed E-state index contributed by atoms with van der Waals surface area (Å²) in [6.07, 6.45) is 5.53. The summed E-state index contributed by atoms with van der Waals surface area (Å²) in [5.41, 5.74) is 2.94. The van der Waals surface area contributed by atoms with Gasteiger partial charge >= 0.3 is 0 Å². The molecule has 0 saturated carbocycles. The molecule has 1 aromatic carbocycles. The molecule has 0 unspecified atom stereocenters. The van der Waals surface area contributed by atoms with E-state index in [0.717, 1.165) is 35.7 Å². The number of fused-ring (bicyclic) bond motifs is 1. The molecule has 0 bridgehead atoms. The lowest BCUT2D eigenvalue weighted by molar-refractivity contribution is -0.0578. The predicted octanol–water partition coefficient (Wildman–Crippen LogP) is 1.85. The van der Waals surface area contributed by atoms with E-state index in [1.165, 1.54) is 0 Å². The molecule has 130 valence electrons. The monoisotopic (exact) mass is 338 g/mol. The Morgan fingerprint density at radius 3 is 2.84 bits per heavy atom. The Morgan fingerprint density at radius 1 is 1.20 bits per heavy atom. The quantitative estimate of drug-likeness (QED) is 0.783. The second-order valence-corrected chi connectivity index (χ2v) is 6.39. The summed E-state index contributed by atoms with van der Waals surface area (Å²) in [5.74, 6) is 0.763. The fourth-order valence-electron chi connectivity index (χ4n) is 3.35. The first kappa shape index (κ1) is 16.0. The van der Waals surface area contributed by atoms with Crippen molar-refractivity contribution in [3.8, 4) is 0 Å². The van der Waals surface area contributed by atoms with Gasteiger partial charge in [-0.15, -0.1) is 0 Å². The van der Waals surface area contributed by atoms with Gasteiger partial charge in [0.2, 0.25) is 0 Å². The zero-order chi connectivity index (χ0) is 17.2. The average Bonchev–Trinajstić information content (AvgIpc) is 3.05. The van der Waals surface area contributed by atoms with E-state index < -0.39 is 0 Å². The number of rotatable bonds is 4. The number of hydrogen-bond donors (Lipinski definition) is 1. The molecule has 7 nitrogen and oxygen atoms in total. The third kappa shape index (κ3) is 3.20. The number of morpholine rings is 1. The Morgan fingerprint density at radius 2 is 2.04 bits per heavy atom. The molecule has 1 saturated heterocycles. The topological polar surface area (TPSA) is 68.1 Å². The minimum Gasteiger partial charge on any atom is -0.373 e. The highest BCUT2D eigenvalue weighted by Gasteiger charge is 2.33. The maximum atomic E-state index is 6.06. The zero-order valence-electron chi connectivity index (χ0n) is 14.5. The lowest BCUT2D eigenvalue weighted by atomic mass is 10.0. The van der Waals surface area contributed by atoms with Gasteiger partial charge in [0.1, 0.15) is 5.82 Å². The maximum absolute atomic E-state index is 6.06. The smallest absolute Gasteiger partial charge is 0.145 e. The highest BCUT2D eigenvalue weighted by Crippen LogP contribution is 2.28. The third-order valence-electron chi connectivity index (χ3n) is 4.69. The summed E-state index contributed by atoms with van der Waals surface area (Å²) in [4.78, 5) is 15.7. The van der Waals surface area contributed by atoms with Crippen molar-refractivity contribution in [1.29, 1.82) is 0 Å². The normalized spacial score (nSPS) is 21.5. The molecule has 1 N–H and O–H groups in total. The summed E-state index contributed by atoms with van der Waals surface area (Å²) in [6.45, 7) is 2.29. The van der Waals surface area contributed by atoms with E-state index in [4.69, 9.17) is 4.74 Å². The van der Waals surface area contributed by atoms with Crippen LogP contribution in [0.3, 0.4) is 0 Å². The van der Waals surface area contributed by atoms with Crippen molar-refractivity contribution in [2.75, 3.05) is 32.1 Å². The average molecular weight is 338 g/mol. The Bertz CT molecular complexity index is 863. The van der Waals surface area contributed by atoms with Gasteiger partial charge < -0.3 is 14.6 Å². The zero-order valence-corrected chi connectivity index (χ0v) is 14.5. The molecule has 0 aliphatic carbocycles. The lowest BCUT2D eigenvalue weighted by Gasteiger charge is -2.39. The van der Waals surface area contributed by atoms with Crippen molar-refractivity contribution < 1.29 is 4.74 Å². The molecule has 1 aliphatic heterocycles. The molecule has 25 heavy (non-hydrogen) atoms. The molecule has 2 aromatic heterocycles. The van der Waals surface area contributed by atoms with Gasteiger partial charge in [-0.2, -0.15) is 0 Å². The number of aryl methyl sites for hydroxylation is 1. The largest absolute Gasteiger partial charge is 0.373 e. The summed E-state index contributed by atoms with van der Waals surface area (Å²) in [5, 5.41) is 3.38. The number of hydrogen-bond acceptors (Lipinski definition) is 6. The molecule has 3 heterocycles. The predicted molar refractivity (Wildman–Crippen MR) is 96.3 cm³/mol. The Hall–Kier alpha value is -2.51. The van der Waals surface area contributed by atoms with Crippen LogP contribution < -0.4 is 5.32 Å². The molecule has 7 heteroatoms. The van der Waals surface area contributed by atoms with Gasteiger partial charge in [-0.3, -0.25) is 9.88 Å². The van der Waals surface area contributed by atoms with Crippen LogP contribution in [0.4, 0.5) is 5.82 Å². The maximum Gasteiger partial charge on any atom is 0.145 e. The van der Waals surface area contributed by atoms with Crippen molar-refractivity contribution in [2.24, 2.45) is 7.05 Å². The van der Waals surface area contributed by atoms with Crippen LogP contribution >= 0.6 is 0 Å². The van der Waals surface area contributed by atoms with Crippen LogP contribution in [0, 0.1) is 0 Å². The van der Waals surface area contributed by atoms with Crippen LogP contribution in [0.2, 0.25) is 0 Å². The number of para-hydroxylation sites is 2. The highest BCUT2D eigenvalue weighted by molar-refractivity contribution is 5.75. The summed E-state index contributed by atoms with van der Waals surface area (Å²) in [6, 6.07) is 8.02. The molecule has 2 atom stereocenters. The molecular formula is C18H22N6O. The lowest BCUT2D eigenvalue weighted by Crippen LogP contribution is -2.46. The van der Waals surface area contributed by atoms with E-state index in [2.05, 4.69) is 36.8 Å². The van der Waals surface area contributed by atoms with Crippen LogP contribution in [0.5, 0.6) is 0 Å². The van der Waals surface area contributed by atoms with Gasteiger partial charge in [0.25, 0.3) is 0 Å². The number of likely N-dealkylation sites (N-methyl/N-ethyl adjacent to an activating group) is 1. The number of anilines is 1. The van der Waals surface area contributed by atoms with E-state index in [9.17, 15) is 0 Å². The summed E-state index contributed by atoms with van der Waals surface area (Å²) >= 11 is 0. The van der Waals surface area contributed by atoms with Crippen molar-refractivity contribution in [3.05, 3.63) is 48.7 Å². The number of benzene rings is 1. The van der Waals surface area contributed by atoms with E-state index >= 15 is 0 Å². The second kappa shape index (κ2) is 6.78. The fourth-order valence-corrected chi connectivity index (χ4v) is 3.35. The Balaban J connectivity index is 1.52. The standard InChI is InChI=1S/C18H22N6O/c1-23-7-8-25-16(18(23)15-9-19-12-24(15)2)10-21-17-11-20-13-5-3-4-6-14(13)22-17/h3-6,9,11-12,16,18H,7-8,10H2,1-2H3,(H,21,22)/t16-,18-/m0/s1. The molecular weight excluding hydrogens is 316 g/mol. The van der Waals surface area contributed by atoms with Crippen LogP contribution in [0.25, 0.3) is 11.0 Å². The number of nitrogens with one attached hydrogen (secondary N) is 1. The van der Waals surface area contributed by atoms with E-state index in [1.54, 1.807) is 6.20 Å². The first-order valence-corrected chi connectivity index (χ1v) is 8.46. The molecule has 1 aliphatic rings. The summed E-state index contributed by atoms with van der Waals surface area (Å²) < 4.78 is 8.11. The van der Waals surface area contributed by atoms with Gasteiger partial charge in [0, 0.05) is 26.3 Å². The van der Waals surface area contributed by atoms with Gasteiger partial charge in [0.15, 0.2) is 0 Å². The van der Waals surface area contributed by atoms with Gasteiger partial charge in [-0.1, -0.05) is 12.1 Å². The molecule has 0 amide bonds.